The molecule has 1 aromatic rings. The van der Waals surface area contributed by atoms with Gasteiger partial charge in [0.15, 0.2) is 0 Å². The number of pyridine rings is 1. The van der Waals surface area contributed by atoms with Gasteiger partial charge in [0.2, 0.25) is 0 Å². The standard InChI is InChI=1S/C11H14BrClN2/c1-11(2)8(13)5-9(11)15-10-4-3-7(12)6-14-10/h3-4,6,8-9H,5H2,1-2H3,(H,14,15). The van der Waals surface area contributed by atoms with E-state index in [2.05, 4.69) is 40.1 Å². The Labute approximate surface area is 104 Å². The number of nitrogens with one attached hydrogen (secondary N) is 1. The highest BCUT2D eigenvalue weighted by molar-refractivity contribution is 9.10. The Morgan fingerprint density at radius 1 is 1.53 bits per heavy atom. The van der Waals surface area contributed by atoms with E-state index in [1.807, 2.05) is 12.1 Å². The van der Waals surface area contributed by atoms with Gasteiger partial charge in [-0.1, -0.05) is 13.8 Å². The fourth-order valence-electron chi connectivity index (χ4n) is 1.76. The Balaban J connectivity index is 2.02. The summed E-state index contributed by atoms with van der Waals surface area (Å²) in [7, 11) is 0. The van der Waals surface area contributed by atoms with E-state index in [1.165, 1.54) is 0 Å². The summed E-state index contributed by atoms with van der Waals surface area (Å²) in [4.78, 5) is 4.29. The SMILES string of the molecule is CC1(C)C(Cl)CC1Nc1ccc(Br)cn1. The third-order valence-electron chi connectivity index (χ3n) is 3.20. The van der Waals surface area contributed by atoms with Gasteiger partial charge in [0, 0.05) is 27.5 Å². The molecule has 4 heteroatoms. The minimum absolute atomic E-state index is 0.149. The van der Waals surface area contributed by atoms with Gasteiger partial charge in [-0.15, -0.1) is 11.6 Å². The van der Waals surface area contributed by atoms with Crippen LogP contribution in [0.25, 0.3) is 0 Å². The van der Waals surface area contributed by atoms with Crippen LogP contribution in [0, 0.1) is 5.41 Å². The van der Waals surface area contributed by atoms with Gasteiger partial charge in [0.1, 0.15) is 5.82 Å². The number of rotatable bonds is 2. The van der Waals surface area contributed by atoms with Crippen LogP contribution >= 0.6 is 27.5 Å². The van der Waals surface area contributed by atoms with Crippen molar-refractivity contribution in [1.82, 2.24) is 4.98 Å². The second kappa shape index (κ2) is 3.95. The summed E-state index contributed by atoms with van der Waals surface area (Å²) in [6.45, 7) is 4.37. The first-order valence-electron chi connectivity index (χ1n) is 5.02. The highest BCUT2D eigenvalue weighted by Gasteiger charge is 2.47. The molecule has 1 heterocycles. The van der Waals surface area contributed by atoms with Gasteiger partial charge in [-0.25, -0.2) is 4.98 Å². The molecule has 0 bridgehead atoms. The van der Waals surface area contributed by atoms with Crippen molar-refractivity contribution in [3.8, 4) is 0 Å². The fraction of sp³-hybridized carbons (Fsp3) is 0.545. The summed E-state index contributed by atoms with van der Waals surface area (Å²) in [5.41, 5.74) is 0.149. The molecule has 2 unspecified atom stereocenters. The lowest BCUT2D eigenvalue weighted by Gasteiger charge is -2.49. The minimum atomic E-state index is 0.149. The van der Waals surface area contributed by atoms with Gasteiger partial charge in [0.25, 0.3) is 0 Å². The first kappa shape index (κ1) is 11.2. The smallest absolute Gasteiger partial charge is 0.126 e. The Morgan fingerprint density at radius 3 is 2.73 bits per heavy atom. The van der Waals surface area contributed by atoms with Crippen molar-refractivity contribution in [2.24, 2.45) is 5.41 Å². The molecule has 0 radical (unpaired) electrons. The van der Waals surface area contributed by atoms with Crippen LogP contribution in [0.4, 0.5) is 5.82 Å². The highest BCUT2D eigenvalue weighted by Crippen LogP contribution is 2.45. The van der Waals surface area contributed by atoms with Gasteiger partial charge < -0.3 is 5.32 Å². The summed E-state index contributed by atoms with van der Waals surface area (Å²) >= 11 is 9.52. The Hall–Kier alpha value is -0.280. The van der Waals surface area contributed by atoms with E-state index in [-0.39, 0.29) is 10.8 Å². The van der Waals surface area contributed by atoms with Crippen LogP contribution < -0.4 is 5.32 Å². The lowest BCUT2D eigenvalue weighted by atomic mass is 9.67. The zero-order chi connectivity index (χ0) is 11.1. The van der Waals surface area contributed by atoms with E-state index >= 15 is 0 Å². The summed E-state index contributed by atoms with van der Waals surface area (Å²) < 4.78 is 0.996. The molecule has 2 nitrogen and oxygen atoms in total. The summed E-state index contributed by atoms with van der Waals surface area (Å²) in [5, 5.41) is 3.68. The van der Waals surface area contributed by atoms with Gasteiger partial charge in [0.05, 0.1) is 0 Å². The third-order valence-corrected chi connectivity index (χ3v) is 4.41. The van der Waals surface area contributed by atoms with Crippen LogP contribution in [0.15, 0.2) is 22.8 Å². The van der Waals surface area contributed by atoms with E-state index in [0.717, 1.165) is 16.7 Å². The van der Waals surface area contributed by atoms with Gasteiger partial charge in [-0.3, -0.25) is 0 Å². The summed E-state index contributed by atoms with van der Waals surface area (Å²) in [5.74, 6) is 0.917. The van der Waals surface area contributed by atoms with Crippen LogP contribution in [0.2, 0.25) is 0 Å². The van der Waals surface area contributed by atoms with Crippen LogP contribution in [0.1, 0.15) is 20.3 Å². The summed E-state index contributed by atoms with van der Waals surface area (Å²) in [6.07, 6.45) is 2.80. The molecule has 0 aromatic carbocycles. The zero-order valence-corrected chi connectivity index (χ0v) is 11.1. The number of alkyl halides is 1. The molecule has 0 amide bonds. The number of halogens is 2. The van der Waals surface area contributed by atoms with E-state index in [1.54, 1.807) is 6.20 Å². The second-order valence-electron chi connectivity index (χ2n) is 4.58. The molecule has 15 heavy (non-hydrogen) atoms. The van der Waals surface area contributed by atoms with Gasteiger partial charge >= 0.3 is 0 Å². The molecule has 1 saturated carbocycles. The Kier molecular flexibility index (Phi) is 2.95. The molecule has 82 valence electrons. The second-order valence-corrected chi connectivity index (χ2v) is 6.03. The normalized spacial score (nSPS) is 28.3. The van der Waals surface area contributed by atoms with Crippen molar-refractivity contribution in [2.75, 3.05) is 5.32 Å². The van der Waals surface area contributed by atoms with E-state index < -0.39 is 0 Å². The largest absolute Gasteiger partial charge is 0.367 e. The van der Waals surface area contributed by atoms with Crippen LogP contribution in [0.5, 0.6) is 0 Å². The van der Waals surface area contributed by atoms with Crippen LogP contribution in [0.3, 0.4) is 0 Å². The third kappa shape index (κ3) is 2.13. The molecule has 0 spiro atoms. The molecular formula is C11H14BrClN2. The molecule has 1 aromatic heterocycles. The highest BCUT2D eigenvalue weighted by atomic mass is 79.9. The summed E-state index contributed by atoms with van der Waals surface area (Å²) in [6, 6.07) is 4.38. The van der Waals surface area contributed by atoms with E-state index in [0.29, 0.717) is 6.04 Å². The maximum absolute atomic E-state index is 6.16. The van der Waals surface area contributed by atoms with Crippen molar-refractivity contribution in [3.63, 3.8) is 0 Å². The van der Waals surface area contributed by atoms with Crippen LogP contribution in [-0.2, 0) is 0 Å². The molecule has 2 rings (SSSR count). The lowest BCUT2D eigenvalue weighted by molar-refractivity contribution is 0.168. The Morgan fingerprint density at radius 2 is 2.27 bits per heavy atom. The molecule has 0 aliphatic heterocycles. The number of hydrogen-bond donors (Lipinski definition) is 1. The molecule has 0 saturated heterocycles. The maximum Gasteiger partial charge on any atom is 0.126 e. The number of hydrogen-bond acceptors (Lipinski definition) is 2. The first-order valence-corrected chi connectivity index (χ1v) is 6.25. The fourth-order valence-corrected chi connectivity index (χ4v) is 2.32. The lowest BCUT2D eigenvalue weighted by Crippen LogP contribution is -2.54. The van der Waals surface area contributed by atoms with Gasteiger partial charge in [-0.05, 0) is 34.5 Å². The molecular weight excluding hydrogens is 275 g/mol. The molecule has 1 fully saturated rings. The molecule has 2 atom stereocenters. The van der Waals surface area contributed by atoms with E-state index in [4.69, 9.17) is 11.6 Å². The van der Waals surface area contributed by atoms with Crippen LogP contribution in [-0.4, -0.2) is 16.4 Å². The first-order chi connectivity index (χ1) is 7.00. The average molecular weight is 290 g/mol. The molecule has 1 aliphatic rings. The van der Waals surface area contributed by atoms with Crippen molar-refractivity contribution >= 4 is 33.3 Å². The quantitative estimate of drug-likeness (QED) is 0.841. The van der Waals surface area contributed by atoms with Gasteiger partial charge in [-0.2, -0.15) is 0 Å². The van der Waals surface area contributed by atoms with Crippen molar-refractivity contribution < 1.29 is 0 Å². The van der Waals surface area contributed by atoms with Crippen molar-refractivity contribution in [2.45, 2.75) is 31.7 Å². The van der Waals surface area contributed by atoms with Crippen molar-refractivity contribution in [3.05, 3.63) is 22.8 Å². The predicted molar refractivity (Wildman–Crippen MR) is 67.4 cm³/mol. The number of nitrogens with zero attached hydrogens (tertiary/aromatic N) is 1. The average Bonchev–Trinajstić information content (AvgIpc) is 2.21. The molecule has 1 N–H and O–H groups in total. The number of aromatic nitrogens is 1. The number of anilines is 1. The van der Waals surface area contributed by atoms with Crippen molar-refractivity contribution in [1.29, 1.82) is 0 Å². The minimum Gasteiger partial charge on any atom is -0.367 e. The predicted octanol–water partition coefficient (Wildman–Crippen LogP) is 3.66. The topological polar surface area (TPSA) is 24.9 Å². The molecule has 1 aliphatic carbocycles. The monoisotopic (exact) mass is 288 g/mol. The maximum atomic E-state index is 6.16. The van der Waals surface area contributed by atoms with E-state index in [9.17, 15) is 0 Å². The zero-order valence-electron chi connectivity index (χ0n) is 8.80. The Bertz CT molecular complexity index is 350.